The second kappa shape index (κ2) is 11.1. The molecule has 0 fully saturated rings. The van der Waals surface area contributed by atoms with Gasteiger partial charge in [0.2, 0.25) is 5.91 Å². The van der Waals surface area contributed by atoms with Crippen LogP contribution in [0.3, 0.4) is 0 Å². The molecule has 0 bridgehead atoms. The van der Waals surface area contributed by atoms with Gasteiger partial charge >= 0.3 is 5.69 Å². The first kappa shape index (κ1) is 23.0. The molecule has 3 rings (SSSR count). The molecule has 3 aromatic rings. The summed E-state index contributed by atoms with van der Waals surface area (Å²) in [7, 11) is 2.06. The predicted octanol–water partition coefficient (Wildman–Crippen LogP) is 2.87. The Kier molecular flexibility index (Phi) is 8.20. The Bertz CT molecular complexity index is 1140. The first-order valence-corrected chi connectivity index (χ1v) is 11.1. The molecule has 1 heterocycles. The van der Waals surface area contributed by atoms with Crippen LogP contribution in [0.2, 0.25) is 0 Å². The summed E-state index contributed by atoms with van der Waals surface area (Å²) in [5.74, 6) is -0.0706. The molecule has 0 saturated carbocycles. The maximum atomic E-state index is 12.6. The van der Waals surface area contributed by atoms with Gasteiger partial charge < -0.3 is 15.2 Å². The van der Waals surface area contributed by atoms with Crippen molar-refractivity contribution >= 4 is 32.7 Å². The molecule has 2 aromatic carbocycles. The van der Waals surface area contributed by atoms with E-state index in [1.165, 1.54) is 5.56 Å². The first-order chi connectivity index (χ1) is 14.9. The van der Waals surface area contributed by atoms with Crippen molar-refractivity contribution in [3.63, 3.8) is 0 Å². The van der Waals surface area contributed by atoms with E-state index in [1.54, 1.807) is 18.2 Å². The first-order valence-electron chi connectivity index (χ1n) is 10.4. The van der Waals surface area contributed by atoms with Gasteiger partial charge in [-0.3, -0.25) is 14.2 Å². The van der Waals surface area contributed by atoms with Crippen LogP contribution in [-0.4, -0.2) is 40.5 Å². The highest BCUT2D eigenvalue weighted by Crippen LogP contribution is 2.14. The Morgan fingerprint density at radius 1 is 1.13 bits per heavy atom. The van der Waals surface area contributed by atoms with Crippen LogP contribution in [0.5, 0.6) is 0 Å². The van der Waals surface area contributed by atoms with Crippen LogP contribution >= 0.6 is 15.9 Å². The fraction of sp³-hybridized carbons (Fsp3) is 0.348. The lowest BCUT2D eigenvalue weighted by molar-refractivity contribution is -0.121. The Morgan fingerprint density at radius 2 is 1.90 bits per heavy atom. The van der Waals surface area contributed by atoms with Crippen LogP contribution in [0, 0.1) is 0 Å². The van der Waals surface area contributed by atoms with Crippen LogP contribution in [0.1, 0.15) is 24.8 Å². The molecule has 1 aromatic heterocycles. The Labute approximate surface area is 189 Å². The third kappa shape index (κ3) is 6.63. The lowest BCUT2D eigenvalue weighted by atomic mass is 10.2. The molecular formula is C23H27BrN4O3. The van der Waals surface area contributed by atoms with E-state index in [0.29, 0.717) is 23.9 Å². The largest absolute Gasteiger partial charge is 0.356 e. The van der Waals surface area contributed by atoms with Gasteiger partial charge in [0.25, 0.3) is 5.56 Å². The Morgan fingerprint density at radius 3 is 2.68 bits per heavy atom. The molecule has 0 spiro atoms. The highest BCUT2D eigenvalue weighted by atomic mass is 79.9. The number of fused-ring (bicyclic) bond motifs is 1. The summed E-state index contributed by atoms with van der Waals surface area (Å²) >= 11 is 3.34. The summed E-state index contributed by atoms with van der Waals surface area (Å²) in [6.45, 7) is 2.55. The molecule has 0 unspecified atom stereocenters. The van der Waals surface area contributed by atoms with Gasteiger partial charge in [0.15, 0.2) is 0 Å². The lowest BCUT2D eigenvalue weighted by Crippen LogP contribution is -2.35. The second-order valence-corrected chi connectivity index (χ2v) is 8.52. The third-order valence-corrected chi connectivity index (χ3v) is 5.56. The topological polar surface area (TPSA) is 87.2 Å². The molecule has 0 aliphatic heterocycles. The fourth-order valence-corrected chi connectivity index (χ4v) is 3.82. The van der Waals surface area contributed by atoms with Crippen molar-refractivity contribution in [2.75, 3.05) is 20.1 Å². The average Bonchev–Trinajstić information content (AvgIpc) is 2.75. The zero-order valence-corrected chi connectivity index (χ0v) is 19.2. The van der Waals surface area contributed by atoms with E-state index in [9.17, 15) is 14.4 Å². The second-order valence-electron chi connectivity index (χ2n) is 7.61. The van der Waals surface area contributed by atoms with Gasteiger partial charge in [-0.1, -0.05) is 46.3 Å². The molecule has 7 nitrogen and oxygen atoms in total. The van der Waals surface area contributed by atoms with Crippen molar-refractivity contribution in [1.29, 1.82) is 0 Å². The van der Waals surface area contributed by atoms with Gasteiger partial charge in [0, 0.05) is 30.5 Å². The highest BCUT2D eigenvalue weighted by Gasteiger charge is 2.09. The zero-order chi connectivity index (χ0) is 22.2. The normalized spacial score (nSPS) is 11.2. The number of amides is 1. The van der Waals surface area contributed by atoms with E-state index >= 15 is 0 Å². The quantitative estimate of drug-likeness (QED) is 0.431. The molecule has 0 aliphatic rings. The predicted molar refractivity (Wildman–Crippen MR) is 126 cm³/mol. The molecule has 31 heavy (non-hydrogen) atoms. The van der Waals surface area contributed by atoms with Crippen LogP contribution in [0.25, 0.3) is 10.9 Å². The molecule has 0 aliphatic carbocycles. The average molecular weight is 487 g/mol. The summed E-state index contributed by atoms with van der Waals surface area (Å²) in [6, 6.07) is 15.4. The van der Waals surface area contributed by atoms with E-state index in [4.69, 9.17) is 0 Å². The summed E-state index contributed by atoms with van der Waals surface area (Å²) in [5.41, 5.74) is 0.966. The number of carbonyl (C=O) groups is 1. The minimum absolute atomic E-state index is 0.0706. The van der Waals surface area contributed by atoms with E-state index < -0.39 is 5.69 Å². The summed E-state index contributed by atoms with van der Waals surface area (Å²) in [5, 5.41) is 3.35. The molecule has 0 saturated heterocycles. The number of benzene rings is 2. The molecule has 0 atom stereocenters. The van der Waals surface area contributed by atoms with E-state index in [1.807, 2.05) is 18.2 Å². The minimum atomic E-state index is -0.457. The maximum absolute atomic E-state index is 12.6. The number of aromatic nitrogens is 2. The van der Waals surface area contributed by atoms with E-state index in [-0.39, 0.29) is 24.4 Å². The molecule has 2 N–H and O–H groups in total. The summed E-state index contributed by atoms with van der Waals surface area (Å²) in [6.07, 6.45) is 1.54. The Balaban J connectivity index is 1.40. The van der Waals surface area contributed by atoms with Gasteiger partial charge in [0.1, 0.15) is 0 Å². The number of nitrogens with zero attached hydrogens (tertiary/aromatic N) is 2. The highest BCUT2D eigenvalue weighted by molar-refractivity contribution is 9.10. The molecular weight excluding hydrogens is 460 g/mol. The number of aromatic amines is 1. The number of halogens is 1. The smallest absolute Gasteiger partial charge is 0.328 e. The van der Waals surface area contributed by atoms with Gasteiger partial charge in [-0.25, -0.2) is 4.79 Å². The van der Waals surface area contributed by atoms with Gasteiger partial charge in [-0.05, 0) is 50.2 Å². The van der Waals surface area contributed by atoms with Gasteiger partial charge in [0.05, 0.1) is 10.9 Å². The third-order valence-electron chi connectivity index (χ3n) is 5.06. The fourth-order valence-electron chi connectivity index (χ4n) is 3.46. The van der Waals surface area contributed by atoms with Crippen molar-refractivity contribution < 1.29 is 4.79 Å². The number of rotatable bonds is 10. The van der Waals surface area contributed by atoms with Crippen LogP contribution < -0.4 is 16.6 Å². The van der Waals surface area contributed by atoms with Crippen LogP contribution in [0.4, 0.5) is 0 Å². The van der Waals surface area contributed by atoms with E-state index in [0.717, 1.165) is 28.6 Å². The molecule has 0 radical (unpaired) electrons. The standard InChI is InChI=1S/C23H27BrN4O3/c1-27(16-17-7-3-2-4-8-17)13-6-12-25-21(29)9-5-14-28-22(30)19-15-18(24)10-11-20(19)26-23(28)31/h2-4,7-8,10-11,15H,5-6,9,12-14,16H2,1H3,(H,25,29)(H,26,31). The number of H-pyrrole nitrogens is 1. The van der Waals surface area contributed by atoms with Gasteiger partial charge in [-0.2, -0.15) is 0 Å². The number of carbonyl (C=O) groups excluding carboxylic acids is 1. The van der Waals surface area contributed by atoms with Crippen molar-refractivity contribution in [1.82, 2.24) is 19.8 Å². The van der Waals surface area contributed by atoms with E-state index in [2.05, 4.69) is 50.3 Å². The zero-order valence-electron chi connectivity index (χ0n) is 17.6. The number of nitrogens with one attached hydrogen (secondary N) is 2. The van der Waals surface area contributed by atoms with Crippen molar-refractivity contribution in [3.8, 4) is 0 Å². The minimum Gasteiger partial charge on any atom is -0.356 e. The van der Waals surface area contributed by atoms with Crippen LogP contribution in [0.15, 0.2) is 62.6 Å². The molecule has 164 valence electrons. The summed E-state index contributed by atoms with van der Waals surface area (Å²) < 4.78 is 1.92. The monoisotopic (exact) mass is 486 g/mol. The molecule has 1 amide bonds. The molecule has 8 heteroatoms. The maximum Gasteiger partial charge on any atom is 0.328 e. The number of hydrogen-bond donors (Lipinski definition) is 2. The SMILES string of the molecule is CN(CCCNC(=O)CCCn1c(=O)[nH]c2ccc(Br)cc2c1=O)Cc1ccccc1. The number of hydrogen-bond acceptors (Lipinski definition) is 4. The Hall–Kier alpha value is -2.71. The lowest BCUT2D eigenvalue weighted by Gasteiger charge is -2.16. The van der Waals surface area contributed by atoms with Gasteiger partial charge in [-0.15, -0.1) is 0 Å². The van der Waals surface area contributed by atoms with Crippen LogP contribution in [-0.2, 0) is 17.9 Å². The summed E-state index contributed by atoms with van der Waals surface area (Å²) in [4.78, 5) is 41.8. The van der Waals surface area contributed by atoms with Crippen molar-refractivity contribution in [3.05, 3.63) is 79.4 Å². The van der Waals surface area contributed by atoms with Crippen molar-refractivity contribution in [2.24, 2.45) is 0 Å². The van der Waals surface area contributed by atoms with Crippen molar-refractivity contribution in [2.45, 2.75) is 32.4 Å².